The van der Waals surface area contributed by atoms with Crippen LogP contribution in [0.4, 0.5) is 11.6 Å². The van der Waals surface area contributed by atoms with Crippen LogP contribution >= 0.6 is 12.2 Å². The number of benzene rings is 2. The van der Waals surface area contributed by atoms with E-state index in [4.69, 9.17) is 22.5 Å². The van der Waals surface area contributed by atoms with E-state index in [9.17, 15) is 19.5 Å². The van der Waals surface area contributed by atoms with Gasteiger partial charge in [0, 0.05) is 17.8 Å². The first kappa shape index (κ1) is 26.4. The van der Waals surface area contributed by atoms with E-state index >= 15 is 0 Å². The molecular weight excluding hydrogens is 510 g/mol. The van der Waals surface area contributed by atoms with Gasteiger partial charge in [0.25, 0.3) is 11.6 Å². The highest BCUT2D eigenvalue weighted by Gasteiger charge is 2.44. The molecule has 0 saturated carbocycles. The Hall–Kier alpha value is -4.65. The lowest BCUT2D eigenvalue weighted by Crippen LogP contribution is -2.42. The number of carbonyl (C=O) groups is 3. The Labute approximate surface area is 223 Å². The molecule has 4 rings (SSSR count). The molecule has 0 spiro atoms. The molecule has 38 heavy (non-hydrogen) atoms. The summed E-state index contributed by atoms with van der Waals surface area (Å²) in [5.74, 6) is -1.88. The lowest BCUT2D eigenvalue weighted by molar-refractivity contribution is -0.746. The highest BCUT2D eigenvalue weighted by molar-refractivity contribution is 7.80. The third kappa shape index (κ3) is 5.52. The number of hydrogen-bond acceptors (Lipinski definition) is 8. The maximum atomic E-state index is 13.2. The number of aromatic nitrogens is 2. The van der Waals surface area contributed by atoms with Gasteiger partial charge in [-0.1, -0.05) is 30.3 Å². The van der Waals surface area contributed by atoms with Crippen molar-refractivity contribution in [2.45, 2.75) is 25.9 Å². The molecule has 2 heterocycles. The molecule has 13 heteroatoms. The van der Waals surface area contributed by atoms with Gasteiger partial charge in [-0.3, -0.25) is 23.8 Å². The fraction of sp³-hybridized carbons (Fsp3) is 0.240. The van der Waals surface area contributed by atoms with Gasteiger partial charge in [-0.25, -0.2) is 4.99 Å². The summed E-state index contributed by atoms with van der Waals surface area (Å²) < 4.78 is 6.68. The van der Waals surface area contributed by atoms with Crippen LogP contribution in [0.1, 0.15) is 35.0 Å². The molecule has 1 saturated heterocycles. The Kier molecular flexibility index (Phi) is 7.76. The Balaban J connectivity index is 1.56. The van der Waals surface area contributed by atoms with Crippen LogP contribution in [-0.2, 0) is 23.2 Å². The van der Waals surface area contributed by atoms with E-state index in [1.807, 2.05) is 0 Å². The fourth-order valence-corrected chi connectivity index (χ4v) is 4.37. The van der Waals surface area contributed by atoms with Crippen molar-refractivity contribution in [3.8, 4) is 0 Å². The number of aryl methyl sites for hydroxylation is 1. The number of rotatable bonds is 9. The summed E-state index contributed by atoms with van der Waals surface area (Å²) in [5.41, 5.74) is 6.77. The summed E-state index contributed by atoms with van der Waals surface area (Å²) in [6.07, 6.45) is -0.197. The molecule has 1 atom stereocenters. The summed E-state index contributed by atoms with van der Waals surface area (Å²) >= 11 is 5.56. The molecule has 12 nitrogen and oxygen atoms in total. The number of hydrogen-bond donors (Lipinski definition) is 2. The van der Waals surface area contributed by atoms with Crippen LogP contribution in [0.25, 0.3) is 0 Å². The van der Waals surface area contributed by atoms with Crippen molar-refractivity contribution in [2.24, 2.45) is 17.8 Å². The molecule has 1 unspecified atom stereocenters. The average molecular weight is 536 g/mol. The van der Waals surface area contributed by atoms with Crippen molar-refractivity contribution < 1.29 is 28.7 Å². The van der Waals surface area contributed by atoms with Gasteiger partial charge in [0.1, 0.15) is 12.6 Å². The minimum absolute atomic E-state index is 0.0211. The fourth-order valence-electron chi connectivity index (χ4n) is 3.96. The van der Waals surface area contributed by atoms with Crippen molar-refractivity contribution in [1.82, 2.24) is 15.1 Å². The maximum Gasteiger partial charge on any atom is 0.325 e. The number of carbonyl (C=O) groups excluding carboxylic acids is 3. The zero-order chi connectivity index (χ0) is 27.4. The topological polar surface area (TPSA) is 161 Å². The number of likely N-dealkylation sites (N-methyl/N-ethyl adjacent to an activating group) is 1. The summed E-state index contributed by atoms with van der Waals surface area (Å²) in [6, 6.07) is 13.7. The lowest BCUT2D eigenvalue weighted by Gasteiger charge is -2.21. The van der Waals surface area contributed by atoms with Crippen LogP contribution in [-0.4, -0.2) is 56.4 Å². The zero-order valence-corrected chi connectivity index (χ0v) is 21.5. The van der Waals surface area contributed by atoms with Gasteiger partial charge >= 0.3 is 5.88 Å². The van der Waals surface area contributed by atoms with Crippen molar-refractivity contribution >= 4 is 52.5 Å². The zero-order valence-electron chi connectivity index (χ0n) is 20.7. The molecule has 3 N–H and O–H groups in total. The third-order valence-corrected chi connectivity index (χ3v) is 6.44. The molecule has 196 valence electrons. The minimum Gasteiger partial charge on any atom is -0.858 e. The predicted octanol–water partition coefficient (Wildman–Crippen LogP) is 0.383. The molecule has 0 radical (unpaired) electrons. The molecule has 2 aromatic carbocycles. The molecule has 1 aliphatic heterocycles. The number of thiocarbonyl (C=S) groups is 1. The van der Waals surface area contributed by atoms with Crippen LogP contribution < -0.4 is 20.8 Å². The molecule has 3 amide bonds. The van der Waals surface area contributed by atoms with Crippen LogP contribution in [0.15, 0.2) is 64.1 Å². The number of primary amides is 1. The van der Waals surface area contributed by atoms with Crippen LogP contribution in [0.2, 0.25) is 0 Å². The van der Waals surface area contributed by atoms with Crippen molar-refractivity contribution in [3.05, 3.63) is 71.4 Å². The Morgan fingerprint density at radius 1 is 1.18 bits per heavy atom. The summed E-state index contributed by atoms with van der Waals surface area (Å²) in [5, 5.41) is 19.4. The van der Waals surface area contributed by atoms with Gasteiger partial charge < -0.3 is 21.1 Å². The molecule has 1 fully saturated rings. The van der Waals surface area contributed by atoms with E-state index < -0.39 is 23.8 Å². The smallest absolute Gasteiger partial charge is 0.325 e. The van der Waals surface area contributed by atoms with Gasteiger partial charge in [-0.2, -0.15) is 0 Å². The monoisotopic (exact) mass is 535 g/mol. The molecule has 0 bridgehead atoms. The Morgan fingerprint density at radius 3 is 2.50 bits per heavy atom. The number of amides is 3. The van der Waals surface area contributed by atoms with Gasteiger partial charge in [-0.05, 0) is 59.6 Å². The molecule has 1 aliphatic rings. The number of nitrogens with two attached hydrogens (primary N) is 1. The van der Waals surface area contributed by atoms with E-state index in [2.05, 4.69) is 15.6 Å². The van der Waals surface area contributed by atoms with Gasteiger partial charge in [0.15, 0.2) is 12.2 Å². The number of nitrogens with one attached hydrogen (secondary N) is 1. The molecule has 3 aromatic rings. The normalized spacial score (nSPS) is 15.7. The van der Waals surface area contributed by atoms with E-state index in [-0.39, 0.29) is 29.9 Å². The van der Waals surface area contributed by atoms with E-state index in [0.29, 0.717) is 29.1 Å². The largest absolute Gasteiger partial charge is 0.858 e. The molecule has 1 aromatic heterocycles. The summed E-state index contributed by atoms with van der Waals surface area (Å²) in [4.78, 5) is 44.4. The van der Waals surface area contributed by atoms with Crippen LogP contribution in [0.3, 0.4) is 0 Å². The standard InChI is InChI=1S/C25H25N7O5S/c1-3-31-24(36)18(13-20(33)27-17-11-9-15(10-12-17)21(26)34)32(25(31)38)14-19-23(37-29-30(19)2)28-22(35)16-7-5-4-6-8-16/h4-12,18H,3,13-14H2,1-2H3,(H3-,26,27,28,29,33,34,35). The van der Waals surface area contributed by atoms with Gasteiger partial charge in [0.2, 0.25) is 17.1 Å². The van der Waals surface area contributed by atoms with Gasteiger partial charge in [-0.15, -0.1) is 0 Å². The Morgan fingerprint density at radius 2 is 1.87 bits per heavy atom. The minimum atomic E-state index is -0.903. The highest BCUT2D eigenvalue weighted by Crippen LogP contribution is 2.26. The van der Waals surface area contributed by atoms with Crippen molar-refractivity contribution in [1.29, 1.82) is 0 Å². The second-order valence-electron chi connectivity index (χ2n) is 8.43. The van der Waals surface area contributed by atoms with Crippen LogP contribution in [0.5, 0.6) is 0 Å². The first-order valence-corrected chi connectivity index (χ1v) is 12.1. The van der Waals surface area contributed by atoms with E-state index in [1.54, 1.807) is 61.3 Å². The van der Waals surface area contributed by atoms with Gasteiger partial charge in [0.05, 0.1) is 6.42 Å². The van der Waals surface area contributed by atoms with Crippen molar-refractivity contribution in [3.63, 3.8) is 0 Å². The highest BCUT2D eigenvalue weighted by atomic mass is 32.1. The number of nitrogens with zero attached hydrogens (tertiary/aromatic N) is 5. The summed E-state index contributed by atoms with van der Waals surface area (Å²) in [7, 11) is 1.61. The molecular formula is C25H25N7O5S. The quantitative estimate of drug-likeness (QED) is 0.172. The third-order valence-electron chi connectivity index (χ3n) is 5.98. The summed E-state index contributed by atoms with van der Waals surface area (Å²) in [6.45, 7) is 2.12. The number of anilines is 1. The van der Waals surface area contributed by atoms with E-state index in [1.165, 1.54) is 21.7 Å². The predicted molar refractivity (Wildman–Crippen MR) is 138 cm³/mol. The number of aliphatic imine (C=N–C) groups is 1. The second kappa shape index (κ2) is 11.2. The van der Waals surface area contributed by atoms with E-state index in [0.717, 1.165) is 0 Å². The maximum absolute atomic E-state index is 13.2. The first-order chi connectivity index (χ1) is 18.2. The van der Waals surface area contributed by atoms with Crippen molar-refractivity contribution in [2.75, 3.05) is 11.9 Å². The molecule has 0 aliphatic carbocycles. The van der Waals surface area contributed by atoms with Crippen LogP contribution in [0, 0.1) is 0 Å². The SMILES string of the molecule is CCN1C(=O)C(CC(=O)Nc2ccc(C(N)=O)cc2)N(Cc2c(/N=C(\[O-])c3ccccc3)on[n+]2C)C1=S. The average Bonchev–Trinajstić information content (AvgIpc) is 3.35. The Bertz CT molecular complexity index is 1410. The first-order valence-electron chi connectivity index (χ1n) is 11.7. The second-order valence-corrected chi connectivity index (χ2v) is 8.80. The lowest BCUT2D eigenvalue weighted by atomic mass is 10.1.